The Balaban J connectivity index is 1.78. The molecular weight excluding hydrogens is 537 g/mol. The summed E-state index contributed by atoms with van der Waals surface area (Å²) in [4.78, 5) is 12.7. The molecule has 0 aliphatic carbocycles. The lowest BCUT2D eigenvalue weighted by Crippen LogP contribution is -2.31. The third-order valence-corrected chi connectivity index (χ3v) is 7.16. The molecule has 0 aromatic heterocycles. The first-order chi connectivity index (χ1) is 15.3. The quantitative estimate of drug-likeness (QED) is 0.186. The number of hydrazone groups is 1. The Bertz CT molecular complexity index is 1220. The maximum Gasteiger partial charge on any atom is 0.271 e. The van der Waals surface area contributed by atoms with E-state index in [2.05, 4.69) is 39.7 Å². The van der Waals surface area contributed by atoms with Crippen LogP contribution < -0.4 is 9.73 Å². The summed E-state index contributed by atoms with van der Waals surface area (Å²) >= 11 is 2.22. The zero-order valence-corrected chi connectivity index (χ0v) is 20.4. The van der Waals surface area contributed by atoms with Crippen molar-refractivity contribution in [1.82, 2.24) is 5.43 Å². The van der Waals surface area contributed by atoms with Gasteiger partial charge < -0.3 is 0 Å². The van der Waals surface area contributed by atoms with Crippen LogP contribution in [0.15, 0.2) is 102 Å². The molecule has 0 radical (unpaired) electrons. The average molecular weight is 559 g/mol. The molecule has 0 saturated carbocycles. The molecule has 0 heterocycles. The smallest absolute Gasteiger partial charge is 0.267 e. The Morgan fingerprint density at radius 2 is 1.59 bits per heavy atom. The van der Waals surface area contributed by atoms with Gasteiger partial charge in [-0.1, -0.05) is 36.4 Å². The monoisotopic (exact) mass is 559 g/mol. The van der Waals surface area contributed by atoms with E-state index in [4.69, 9.17) is 0 Å². The fourth-order valence-electron chi connectivity index (χ4n) is 2.91. The van der Waals surface area contributed by atoms with Gasteiger partial charge in [0.1, 0.15) is 0 Å². The summed E-state index contributed by atoms with van der Waals surface area (Å²) < 4.78 is 28.5. The molecule has 0 aliphatic rings. The average Bonchev–Trinajstić information content (AvgIpc) is 2.82. The van der Waals surface area contributed by atoms with Crippen LogP contribution >= 0.6 is 22.6 Å². The van der Waals surface area contributed by atoms with Gasteiger partial charge in [-0.15, -0.1) is 6.58 Å². The lowest BCUT2D eigenvalue weighted by atomic mass is 10.1. The number of nitrogens with zero attached hydrogens (tertiary/aromatic N) is 2. The summed E-state index contributed by atoms with van der Waals surface area (Å²) in [5, 5.41) is 4.16. The number of carbonyl (C=O) groups excluding carboxylic acids is 1. The molecule has 0 bridgehead atoms. The molecule has 0 fully saturated rings. The molecule has 0 saturated heterocycles. The summed E-state index contributed by atoms with van der Waals surface area (Å²) in [7, 11) is -3.77. The minimum atomic E-state index is -3.77. The zero-order valence-electron chi connectivity index (χ0n) is 17.4. The number of rotatable bonds is 8. The van der Waals surface area contributed by atoms with Crippen molar-refractivity contribution in [2.75, 3.05) is 10.8 Å². The Labute approximate surface area is 201 Å². The molecule has 6 nitrogen and oxygen atoms in total. The van der Waals surface area contributed by atoms with E-state index in [1.54, 1.807) is 54.6 Å². The van der Waals surface area contributed by atoms with Crippen LogP contribution in [0.3, 0.4) is 0 Å². The predicted molar refractivity (Wildman–Crippen MR) is 136 cm³/mol. The molecule has 0 aliphatic heterocycles. The number of amides is 1. The van der Waals surface area contributed by atoms with E-state index in [1.165, 1.54) is 10.4 Å². The highest BCUT2D eigenvalue weighted by molar-refractivity contribution is 14.1. The van der Waals surface area contributed by atoms with E-state index in [0.29, 0.717) is 17.0 Å². The lowest BCUT2D eigenvalue weighted by Gasteiger charge is -2.23. The second-order valence-electron chi connectivity index (χ2n) is 6.83. The fraction of sp³-hybridized carbons (Fsp3) is 0.0833. The molecule has 164 valence electrons. The van der Waals surface area contributed by atoms with Crippen molar-refractivity contribution >= 4 is 49.9 Å². The van der Waals surface area contributed by atoms with Gasteiger partial charge >= 0.3 is 0 Å². The largest absolute Gasteiger partial charge is 0.271 e. The predicted octanol–water partition coefficient (Wildman–Crippen LogP) is 4.83. The third kappa shape index (κ3) is 5.63. The summed E-state index contributed by atoms with van der Waals surface area (Å²) in [6.07, 6.45) is 1.52. The molecule has 8 heteroatoms. The van der Waals surface area contributed by atoms with Gasteiger partial charge in [0.05, 0.1) is 22.8 Å². The van der Waals surface area contributed by atoms with E-state index in [9.17, 15) is 13.2 Å². The van der Waals surface area contributed by atoms with Crippen molar-refractivity contribution in [1.29, 1.82) is 0 Å². The highest BCUT2D eigenvalue weighted by Gasteiger charge is 2.23. The second-order valence-corrected chi connectivity index (χ2v) is 9.94. The van der Waals surface area contributed by atoms with Crippen LogP contribution in [-0.2, 0) is 10.0 Å². The number of anilines is 1. The van der Waals surface area contributed by atoms with Crippen LogP contribution in [0.5, 0.6) is 0 Å². The maximum absolute atomic E-state index is 13.1. The van der Waals surface area contributed by atoms with Crippen LogP contribution in [0.2, 0.25) is 0 Å². The maximum atomic E-state index is 13.1. The SMILES string of the molecule is C=CCN(c1ccc(C(=O)N/N=C(/C)c2ccc(I)cc2)cc1)S(=O)(=O)c1ccccc1. The number of hydrogen-bond acceptors (Lipinski definition) is 4. The molecule has 3 aromatic rings. The van der Waals surface area contributed by atoms with Crippen LogP contribution in [-0.4, -0.2) is 26.6 Å². The van der Waals surface area contributed by atoms with E-state index < -0.39 is 10.0 Å². The number of nitrogens with one attached hydrogen (secondary N) is 1. The van der Waals surface area contributed by atoms with Gasteiger partial charge in [-0.25, -0.2) is 13.8 Å². The van der Waals surface area contributed by atoms with Crippen molar-refractivity contribution in [3.05, 3.63) is 106 Å². The first-order valence-electron chi connectivity index (χ1n) is 9.72. The highest BCUT2D eigenvalue weighted by atomic mass is 127. The third-order valence-electron chi connectivity index (χ3n) is 4.63. The van der Waals surface area contributed by atoms with Gasteiger partial charge in [0.2, 0.25) is 0 Å². The molecule has 0 unspecified atom stereocenters. The molecule has 32 heavy (non-hydrogen) atoms. The van der Waals surface area contributed by atoms with Gasteiger partial charge in [-0.3, -0.25) is 9.10 Å². The number of benzene rings is 3. The molecule has 1 amide bonds. The first-order valence-corrected chi connectivity index (χ1v) is 12.2. The molecule has 0 atom stereocenters. The van der Waals surface area contributed by atoms with E-state index >= 15 is 0 Å². The van der Waals surface area contributed by atoms with E-state index in [0.717, 1.165) is 9.13 Å². The highest BCUT2D eigenvalue weighted by Crippen LogP contribution is 2.24. The topological polar surface area (TPSA) is 78.8 Å². The van der Waals surface area contributed by atoms with Crippen LogP contribution in [0.1, 0.15) is 22.8 Å². The van der Waals surface area contributed by atoms with E-state index in [-0.39, 0.29) is 17.3 Å². The van der Waals surface area contributed by atoms with Crippen LogP contribution in [0.25, 0.3) is 0 Å². The van der Waals surface area contributed by atoms with Crippen LogP contribution in [0, 0.1) is 3.57 Å². The van der Waals surface area contributed by atoms with Gasteiger partial charge in [-0.05, 0) is 83.6 Å². The summed E-state index contributed by atoms with van der Waals surface area (Å²) in [6, 6.07) is 22.3. The van der Waals surface area contributed by atoms with Gasteiger partial charge in [0.25, 0.3) is 15.9 Å². The molecule has 1 N–H and O–H groups in total. The molecule has 0 spiro atoms. The minimum absolute atomic E-state index is 0.0995. The Morgan fingerprint density at radius 3 is 2.19 bits per heavy atom. The Morgan fingerprint density at radius 1 is 1.00 bits per heavy atom. The number of hydrogen-bond donors (Lipinski definition) is 1. The number of carbonyl (C=O) groups is 1. The minimum Gasteiger partial charge on any atom is -0.267 e. The normalized spacial score (nSPS) is 11.6. The summed E-state index contributed by atoms with van der Waals surface area (Å²) in [6.45, 7) is 5.58. The zero-order chi connectivity index (χ0) is 23.1. The van der Waals surface area contributed by atoms with Crippen molar-refractivity contribution in [3.63, 3.8) is 0 Å². The van der Waals surface area contributed by atoms with Crippen molar-refractivity contribution < 1.29 is 13.2 Å². The molecule has 3 aromatic carbocycles. The van der Waals surface area contributed by atoms with Crippen molar-refractivity contribution in [3.8, 4) is 0 Å². The van der Waals surface area contributed by atoms with Gasteiger partial charge in [-0.2, -0.15) is 5.10 Å². The van der Waals surface area contributed by atoms with Gasteiger partial charge in [0.15, 0.2) is 0 Å². The van der Waals surface area contributed by atoms with Crippen LogP contribution in [0.4, 0.5) is 5.69 Å². The molecule has 3 rings (SSSR count). The number of sulfonamides is 1. The Hall–Kier alpha value is -2.98. The van der Waals surface area contributed by atoms with Crippen molar-refractivity contribution in [2.24, 2.45) is 5.10 Å². The summed E-state index contributed by atoms with van der Waals surface area (Å²) in [5.74, 6) is -0.386. The second kappa shape index (κ2) is 10.6. The Kier molecular flexibility index (Phi) is 7.81. The van der Waals surface area contributed by atoms with Crippen molar-refractivity contribution in [2.45, 2.75) is 11.8 Å². The fourth-order valence-corrected chi connectivity index (χ4v) is 4.73. The standard InChI is InChI=1S/C24H22IN3O3S/c1-3-17-28(32(30,31)23-7-5-4-6-8-23)22-15-11-20(12-16-22)24(29)27-26-18(2)19-9-13-21(25)14-10-19/h3-16H,1,17H2,2H3,(H,27,29)/b26-18-. The lowest BCUT2D eigenvalue weighted by molar-refractivity contribution is 0.0955. The first kappa shape index (κ1) is 23.7. The summed E-state index contributed by atoms with van der Waals surface area (Å²) in [5.41, 5.74) is 4.93. The van der Waals surface area contributed by atoms with E-state index in [1.807, 2.05) is 31.2 Å². The number of halogens is 1. The van der Waals surface area contributed by atoms with Gasteiger partial charge in [0, 0.05) is 9.13 Å². The molecular formula is C24H22IN3O3S.